The standard InChI is InChI=1S/C14H26N2O3/c1-4-8-15(10-14(18)19)9-13(17)16-11(2)6-5-7-12(16)3/h11-12H,4-10H2,1-3H3,(H,18,19). The number of carboxylic acids is 1. The monoisotopic (exact) mass is 270 g/mol. The molecule has 0 aliphatic carbocycles. The molecule has 0 bridgehead atoms. The van der Waals surface area contributed by atoms with Crippen molar-refractivity contribution in [1.82, 2.24) is 9.80 Å². The van der Waals surface area contributed by atoms with Crippen molar-refractivity contribution in [3.63, 3.8) is 0 Å². The number of carbonyl (C=O) groups is 2. The smallest absolute Gasteiger partial charge is 0.317 e. The Morgan fingerprint density at radius 3 is 2.26 bits per heavy atom. The van der Waals surface area contributed by atoms with Crippen LogP contribution in [0.2, 0.25) is 0 Å². The quantitative estimate of drug-likeness (QED) is 0.796. The molecule has 2 unspecified atom stereocenters. The summed E-state index contributed by atoms with van der Waals surface area (Å²) >= 11 is 0. The summed E-state index contributed by atoms with van der Waals surface area (Å²) < 4.78 is 0. The maximum Gasteiger partial charge on any atom is 0.317 e. The first-order chi connectivity index (χ1) is 8.95. The van der Waals surface area contributed by atoms with Crippen LogP contribution in [0.1, 0.15) is 46.5 Å². The third kappa shape index (κ3) is 4.82. The first kappa shape index (κ1) is 16.0. The Morgan fingerprint density at radius 1 is 1.21 bits per heavy atom. The maximum absolute atomic E-state index is 12.4. The van der Waals surface area contributed by atoms with E-state index >= 15 is 0 Å². The van der Waals surface area contributed by atoms with Gasteiger partial charge in [0, 0.05) is 12.1 Å². The molecule has 0 radical (unpaired) electrons. The van der Waals surface area contributed by atoms with Crippen LogP contribution in [0, 0.1) is 0 Å². The van der Waals surface area contributed by atoms with Crippen molar-refractivity contribution >= 4 is 11.9 Å². The Kier molecular flexibility index (Phi) is 6.28. The summed E-state index contributed by atoms with van der Waals surface area (Å²) in [6.45, 7) is 6.95. The van der Waals surface area contributed by atoms with E-state index in [9.17, 15) is 9.59 Å². The zero-order valence-corrected chi connectivity index (χ0v) is 12.3. The van der Waals surface area contributed by atoms with Crippen LogP contribution in [-0.2, 0) is 9.59 Å². The van der Waals surface area contributed by atoms with Crippen molar-refractivity contribution in [1.29, 1.82) is 0 Å². The molecule has 1 aliphatic heterocycles. The van der Waals surface area contributed by atoms with E-state index in [0.29, 0.717) is 6.54 Å². The van der Waals surface area contributed by atoms with E-state index in [1.807, 2.05) is 11.8 Å². The number of nitrogens with zero attached hydrogens (tertiary/aromatic N) is 2. The summed E-state index contributed by atoms with van der Waals surface area (Å²) in [5, 5.41) is 8.87. The molecule has 5 nitrogen and oxygen atoms in total. The summed E-state index contributed by atoms with van der Waals surface area (Å²) in [4.78, 5) is 26.8. The summed E-state index contributed by atoms with van der Waals surface area (Å²) in [6, 6.07) is 0.536. The third-order valence-electron chi connectivity index (χ3n) is 3.74. The van der Waals surface area contributed by atoms with Crippen LogP contribution in [0.3, 0.4) is 0 Å². The summed E-state index contributed by atoms with van der Waals surface area (Å²) in [6.07, 6.45) is 4.11. The third-order valence-corrected chi connectivity index (χ3v) is 3.74. The SMILES string of the molecule is CCCN(CC(=O)O)CC(=O)N1C(C)CCCC1C. The highest BCUT2D eigenvalue weighted by molar-refractivity contribution is 5.80. The van der Waals surface area contributed by atoms with Gasteiger partial charge in [0.15, 0.2) is 0 Å². The van der Waals surface area contributed by atoms with Crippen molar-refractivity contribution in [2.75, 3.05) is 19.6 Å². The van der Waals surface area contributed by atoms with E-state index in [1.54, 1.807) is 4.90 Å². The molecule has 1 fully saturated rings. The largest absolute Gasteiger partial charge is 0.480 e. The van der Waals surface area contributed by atoms with Gasteiger partial charge < -0.3 is 10.0 Å². The van der Waals surface area contributed by atoms with E-state index in [-0.39, 0.29) is 31.1 Å². The van der Waals surface area contributed by atoms with Crippen LogP contribution in [0.5, 0.6) is 0 Å². The van der Waals surface area contributed by atoms with Crippen molar-refractivity contribution < 1.29 is 14.7 Å². The highest BCUT2D eigenvalue weighted by Crippen LogP contribution is 2.22. The zero-order chi connectivity index (χ0) is 14.4. The summed E-state index contributed by atoms with van der Waals surface area (Å²) in [5.41, 5.74) is 0. The zero-order valence-electron chi connectivity index (χ0n) is 12.3. The molecule has 0 aromatic rings. The van der Waals surface area contributed by atoms with E-state index in [2.05, 4.69) is 13.8 Å². The topological polar surface area (TPSA) is 60.9 Å². The second-order valence-corrected chi connectivity index (χ2v) is 5.53. The van der Waals surface area contributed by atoms with E-state index < -0.39 is 5.97 Å². The number of hydrogen-bond donors (Lipinski definition) is 1. The fraction of sp³-hybridized carbons (Fsp3) is 0.857. The summed E-state index contributed by atoms with van der Waals surface area (Å²) in [7, 11) is 0. The van der Waals surface area contributed by atoms with Crippen molar-refractivity contribution in [3.8, 4) is 0 Å². The number of piperidine rings is 1. The molecular formula is C14H26N2O3. The fourth-order valence-corrected chi connectivity index (χ4v) is 2.91. The number of rotatable bonds is 6. The Labute approximate surface area is 115 Å². The van der Waals surface area contributed by atoms with Gasteiger partial charge in [-0.25, -0.2) is 0 Å². The van der Waals surface area contributed by atoms with Crippen LogP contribution >= 0.6 is 0 Å². The molecule has 110 valence electrons. The first-order valence-electron chi connectivity index (χ1n) is 7.21. The average Bonchev–Trinajstić information content (AvgIpc) is 2.27. The Morgan fingerprint density at radius 2 is 1.79 bits per heavy atom. The number of aliphatic carboxylic acids is 1. The van der Waals surface area contributed by atoms with Crippen LogP contribution in [0.15, 0.2) is 0 Å². The molecule has 1 rings (SSSR count). The molecule has 0 aromatic carbocycles. The highest BCUT2D eigenvalue weighted by Gasteiger charge is 2.29. The van der Waals surface area contributed by atoms with Gasteiger partial charge in [-0.2, -0.15) is 0 Å². The molecule has 1 heterocycles. The van der Waals surface area contributed by atoms with Gasteiger partial charge >= 0.3 is 5.97 Å². The average molecular weight is 270 g/mol. The molecule has 2 atom stereocenters. The second kappa shape index (κ2) is 7.48. The van der Waals surface area contributed by atoms with Gasteiger partial charge in [-0.15, -0.1) is 0 Å². The summed E-state index contributed by atoms with van der Waals surface area (Å²) in [5.74, 6) is -0.810. The van der Waals surface area contributed by atoms with Gasteiger partial charge in [0.25, 0.3) is 0 Å². The normalized spacial score (nSPS) is 23.7. The number of amides is 1. The van der Waals surface area contributed by atoms with E-state index in [1.165, 1.54) is 6.42 Å². The second-order valence-electron chi connectivity index (χ2n) is 5.53. The molecule has 0 saturated carbocycles. The van der Waals surface area contributed by atoms with Crippen LogP contribution in [0.4, 0.5) is 0 Å². The lowest BCUT2D eigenvalue weighted by Gasteiger charge is -2.40. The van der Waals surface area contributed by atoms with Gasteiger partial charge in [0.2, 0.25) is 5.91 Å². The molecule has 19 heavy (non-hydrogen) atoms. The Bertz CT molecular complexity index is 310. The number of hydrogen-bond acceptors (Lipinski definition) is 3. The van der Waals surface area contributed by atoms with Gasteiger partial charge in [-0.1, -0.05) is 6.92 Å². The van der Waals surface area contributed by atoms with Crippen LogP contribution in [-0.4, -0.2) is 58.5 Å². The minimum Gasteiger partial charge on any atom is -0.480 e. The Hall–Kier alpha value is -1.10. The molecule has 1 amide bonds. The number of likely N-dealkylation sites (tertiary alicyclic amines) is 1. The first-order valence-corrected chi connectivity index (χ1v) is 7.21. The predicted octanol–water partition coefficient (Wildman–Crippen LogP) is 1.57. The van der Waals surface area contributed by atoms with Crippen LogP contribution < -0.4 is 0 Å². The van der Waals surface area contributed by atoms with Gasteiger partial charge in [-0.05, 0) is 46.1 Å². The van der Waals surface area contributed by atoms with E-state index in [0.717, 1.165) is 19.3 Å². The molecular weight excluding hydrogens is 244 g/mol. The predicted molar refractivity (Wildman–Crippen MR) is 74.0 cm³/mol. The number of carboxylic acid groups (broad SMARTS) is 1. The lowest BCUT2D eigenvalue weighted by Crippen LogP contribution is -2.51. The van der Waals surface area contributed by atoms with Gasteiger partial charge in [0.05, 0.1) is 13.1 Å². The molecule has 0 aromatic heterocycles. The van der Waals surface area contributed by atoms with Crippen molar-refractivity contribution in [2.24, 2.45) is 0 Å². The van der Waals surface area contributed by atoms with E-state index in [4.69, 9.17) is 5.11 Å². The Balaban J connectivity index is 2.61. The molecule has 1 saturated heterocycles. The number of carbonyl (C=O) groups excluding carboxylic acids is 1. The molecule has 5 heteroatoms. The highest BCUT2D eigenvalue weighted by atomic mass is 16.4. The lowest BCUT2D eigenvalue weighted by molar-refractivity contribution is -0.141. The van der Waals surface area contributed by atoms with Gasteiger partial charge in [-0.3, -0.25) is 14.5 Å². The maximum atomic E-state index is 12.4. The van der Waals surface area contributed by atoms with Crippen LogP contribution in [0.25, 0.3) is 0 Å². The molecule has 0 spiro atoms. The molecule has 1 aliphatic rings. The minimum atomic E-state index is -0.874. The minimum absolute atomic E-state index is 0.0593. The van der Waals surface area contributed by atoms with Gasteiger partial charge in [0.1, 0.15) is 0 Å². The molecule has 1 N–H and O–H groups in total. The van der Waals surface area contributed by atoms with Crippen molar-refractivity contribution in [2.45, 2.75) is 58.5 Å². The fourth-order valence-electron chi connectivity index (χ4n) is 2.91. The lowest BCUT2D eigenvalue weighted by atomic mass is 9.97. The van der Waals surface area contributed by atoms with Crippen molar-refractivity contribution in [3.05, 3.63) is 0 Å².